The maximum absolute atomic E-state index is 11.5. The molecule has 4 aliphatic rings. The van der Waals surface area contributed by atoms with E-state index in [0.29, 0.717) is 53.5 Å². The van der Waals surface area contributed by atoms with Crippen LogP contribution < -0.4 is 11.1 Å². The number of carboxylic acids is 1. The Balaban J connectivity index is 1.50. The molecule has 5 N–H and O–H groups in total. The number of hydrogen-bond donors (Lipinski definition) is 4. The molecule has 10 atom stereocenters. The minimum atomic E-state index is -0.673. The van der Waals surface area contributed by atoms with Crippen LogP contribution in [-0.4, -0.2) is 41.4 Å². The van der Waals surface area contributed by atoms with E-state index >= 15 is 0 Å². The fraction of sp³-hybridized carbons (Fsp3) is 0.962. The Kier molecular flexibility index (Phi) is 6.78. The van der Waals surface area contributed by atoms with Crippen molar-refractivity contribution in [1.82, 2.24) is 5.32 Å². The molecule has 0 aliphatic heterocycles. The summed E-state index contributed by atoms with van der Waals surface area (Å²) in [6, 6.07) is 0.560. The number of carboxylic acid groups (broad SMARTS) is 1. The second-order valence-corrected chi connectivity index (χ2v) is 12.1. The number of carbonyl (C=O) groups is 1. The van der Waals surface area contributed by atoms with Gasteiger partial charge in [-0.2, -0.15) is 0 Å². The van der Waals surface area contributed by atoms with E-state index in [0.717, 1.165) is 19.4 Å². The molecule has 0 bridgehead atoms. The maximum Gasteiger partial charge on any atom is 0.303 e. The van der Waals surface area contributed by atoms with Gasteiger partial charge in [0, 0.05) is 25.6 Å². The second kappa shape index (κ2) is 8.95. The Morgan fingerprint density at radius 1 is 1.10 bits per heavy atom. The first-order valence-electron chi connectivity index (χ1n) is 13.0. The molecular formula is C26H46N2O3. The molecule has 5 nitrogen and oxygen atoms in total. The molecule has 0 amide bonds. The van der Waals surface area contributed by atoms with E-state index < -0.39 is 5.97 Å². The summed E-state index contributed by atoms with van der Waals surface area (Å²) in [5, 5.41) is 24.3. The van der Waals surface area contributed by atoms with Gasteiger partial charge >= 0.3 is 5.97 Å². The SMILES string of the molecule is CC(CCC(=O)O)[C@H]1CCC2C3C(CC[C@@]21C)[C@@]1(C)CC[C@@H](NCCN)C[C@H]1C[C@H]3O. The lowest BCUT2D eigenvalue weighted by atomic mass is 9.43. The van der Waals surface area contributed by atoms with Crippen molar-refractivity contribution in [3.8, 4) is 0 Å². The molecule has 4 unspecified atom stereocenters. The van der Waals surface area contributed by atoms with E-state index in [1.165, 1.54) is 44.9 Å². The fourth-order valence-corrected chi connectivity index (χ4v) is 9.22. The average molecular weight is 435 g/mol. The van der Waals surface area contributed by atoms with Gasteiger partial charge < -0.3 is 21.3 Å². The number of hydrogen-bond acceptors (Lipinski definition) is 4. The summed E-state index contributed by atoms with van der Waals surface area (Å²) < 4.78 is 0. The predicted octanol–water partition coefficient (Wildman–Crippen LogP) is 4.03. The Hall–Kier alpha value is -0.650. The van der Waals surface area contributed by atoms with Gasteiger partial charge in [-0.25, -0.2) is 0 Å². The third-order valence-corrected chi connectivity index (χ3v) is 10.8. The molecule has 0 heterocycles. The molecule has 4 aliphatic carbocycles. The summed E-state index contributed by atoms with van der Waals surface area (Å²) in [5.41, 5.74) is 6.34. The Morgan fingerprint density at radius 2 is 1.81 bits per heavy atom. The lowest BCUT2D eigenvalue weighted by Crippen LogP contribution is -2.59. The van der Waals surface area contributed by atoms with E-state index in [-0.39, 0.29) is 17.9 Å². The van der Waals surface area contributed by atoms with Gasteiger partial charge in [-0.05, 0) is 104 Å². The minimum absolute atomic E-state index is 0.172. The van der Waals surface area contributed by atoms with Crippen LogP contribution in [0.2, 0.25) is 0 Å². The molecule has 4 fully saturated rings. The highest BCUT2D eigenvalue weighted by atomic mass is 16.4. The zero-order chi connectivity index (χ0) is 22.4. The van der Waals surface area contributed by atoms with E-state index in [1.54, 1.807) is 0 Å². The van der Waals surface area contributed by atoms with Crippen molar-refractivity contribution in [1.29, 1.82) is 0 Å². The number of aliphatic hydroxyl groups excluding tert-OH is 1. The van der Waals surface area contributed by atoms with Crippen LogP contribution in [-0.2, 0) is 4.79 Å². The van der Waals surface area contributed by atoms with Crippen molar-refractivity contribution in [3.05, 3.63) is 0 Å². The van der Waals surface area contributed by atoms with E-state index in [1.807, 2.05) is 0 Å². The molecule has 4 saturated carbocycles. The van der Waals surface area contributed by atoms with Crippen molar-refractivity contribution >= 4 is 5.97 Å². The lowest BCUT2D eigenvalue weighted by Gasteiger charge is -2.62. The van der Waals surface area contributed by atoms with Gasteiger partial charge in [-0.1, -0.05) is 20.8 Å². The van der Waals surface area contributed by atoms with Gasteiger partial charge in [0.1, 0.15) is 0 Å². The van der Waals surface area contributed by atoms with Crippen LogP contribution in [0.4, 0.5) is 0 Å². The standard InChI is InChI=1S/C26H46N2O3/c1-16(4-7-23(30)31)19-5-6-20-24-21(9-11-26(19,20)3)25(2)10-8-18(28-13-12-27)14-17(25)15-22(24)29/h16-22,24,28-29H,4-15,27H2,1-3H3,(H,30,31)/t16?,17-,18+,19+,20?,21?,22+,24?,25-,26+/m0/s1. The first-order valence-corrected chi connectivity index (χ1v) is 13.0. The van der Waals surface area contributed by atoms with Crippen molar-refractivity contribution < 1.29 is 15.0 Å². The summed E-state index contributed by atoms with van der Waals surface area (Å²) in [7, 11) is 0. The Labute approximate surface area is 188 Å². The van der Waals surface area contributed by atoms with Crippen LogP contribution in [0.25, 0.3) is 0 Å². The van der Waals surface area contributed by atoms with Gasteiger partial charge in [-0.15, -0.1) is 0 Å². The number of nitrogens with one attached hydrogen (secondary N) is 1. The van der Waals surface area contributed by atoms with E-state index in [4.69, 9.17) is 10.8 Å². The van der Waals surface area contributed by atoms with E-state index in [9.17, 15) is 9.90 Å². The van der Waals surface area contributed by atoms with Crippen molar-refractivity contribution in [2.75, 3.05) is 13.1 Å². The summed E-state index contributed by atoms with van der Waals surface area (Å²) in [6.07, 6.45) is 10.5. The molecule has 0 saturated heterocycles. The van der Waals surface area contributed by atoms with Gasteiger partial charge in [0.25, 0.3) is 0 Å². The van der Waals surface area contributed by atoms with Crippen molar-refractivity contribution in [3.63, 3.8) is 0 Å². The molecule has 31 heavy (non-hydrogen) atoms. The largest absolute Gasteiger partial charge is 0.481 e. The summed E-state index contributed by atoms with van der Waals surface area (Å²) in [4.78, 5) is 11.1. The lowest BCUT2D eigenvalue weighted by molar-refractivity contribution is -0.167. The molecule has 0 aromatic carbocycles. The molecule has 0 aromatic rings. The zero-order valence-corrected chi connectivity index (χ0v) is 20.0. The van der Waals surface area contributed by atoms with Crippen molar-refractivity contribution in [2.24, 2.45) is 52.1 Å². The zero-order valence-electron chi connectivity index (χ0n) is 20.0. The van der Waals surface area contributed by atoms with Crippen molar-refractivity contribution in [2.45, 2.75) is 97.1 Å². The monoisotopic (exact) mass is 434 g/mol. The highest BCUT2D eigenvalue weighted by Crippen LogP contribution is 2.68. The molecular weight excluding hydrogens is 388 g/mol. The minimum Gasteiger partial charge on any atom is -0.481 e. The van der Waals surface area contributed by atoms with E-state index in [2.05, 4.69) is 26.1 Å². The van der Waals surface area contributed by atoms with Crippen LogP contribution in [0.1, 0.15) is 85.0 Å². The third kappa shape index (κ3) is 4.08. The number of nitrogens with two attached hydrogens (primary N) is 1. The summed E-state index contributed by atoms with van der Waals surface area (Å²) in [6.45, 7) is 8.89. The molecule has 4 rings (SSSR count). The van der Waals surface area contributed by atoms with Gasteiger partial charge in [0.2, 0.25) is 0 Å². The van der Waals surface area contributed by atoms with Crippen LogP contribution in [0.3, 0.4) is 0 Å². The number of aliphatic hydroxyl groups is 1. The maximum atomic E-state index is 11.5. The van der Waals surface area contributed by atoms with Crippen LogP contribution in [0.5, 0.6) is 0 Å². The predicted molar refractivity (Wildman–Crippen MR) is 123 cm³/mol. The van der Waals surface area contributed by atoms with Crippen LogP contribution in [0.15, 0.2) is 0 Å². The Morgan fingerprint density at radius 3 is 2.52 bits per heavy atom. The average Bonchev–Trinajstić information content (AvgIpc) is 3.08. The Bertz CT molecular complexity index is 657. The number of fused-ring (bicyclic) bond motifs is 5. The van der Waals surface area contributed by atoms with Gasteiger partial charge in [0.15, 0.2) is 0 Å². The highest BCUT2D eigenvalue weighted by Gasteiger charge is 2.62. The first-order chi connectivity index (χ1) is 14.7. The number of rotatable bonds is 7. The van der Waals surface area contributed by atoms with Crippen LogP contribution >= 0.6 is 0 Å². The molecule has 178 valence electrons. The summed E-state index contributed by atoms with van der Waals surface area (Å²) in [5.74, 6) is 2.68. The first kappa shape index (κ1) is 23.5. The van der Waals surface area contributed by atoms with Crippen LogP contribution in [0, 0.1) is 46.3 Å². The highest BCUT2D eigenvalue weighted by molar-refractivity contribution is 5.66. The fourth-order valence-electron chi connectivity index (χ4n) is 9.22. The quantitative estimate of drug-likeness (QED) is 0.485. The third-order valence-electron chi connectivity index (χ3n) is 10.8. The molecule has 5 heteroatoms. The normalized spacial score (nSPS) is 47.8. The number of aliphatic carboxylic acids is 1. The molecule has 0 radical (unpaired) electrons. The molecule has 0 spiro atoms. The second-order valence-electron chi connectivity index (χ2n) is 12.1. The summed E-state index contributed by atoms with van der Waals surface area (Å²) >= 11 is 0. The topological polar surface area (TPSA) is 95.6 Å². The smallest absolute Gasteiger partial charge is 0.303 e. The van der Waals surface area contributed by atoms with Gasteiger partial charge in [-0.3, -0.25) is 4.79 Å². The molecule has 0 aromatic heterocycles. The van der Waals surface area contributed by atoms with Gasteiger partial charge in [0.05, 0.1) is 6.10 Å².